The summed E-state index contributed by atoms with van der Waals surface area (Å²) in [5, 5.41) is 2.71. The molecule has 1 N–H and O–H groups in total. The van der Waals surface area contributed by atoms with Gasteiger partial charge in [-0.15, -0.1) is 0 Å². The van der Waals surface area contributed by atoms with Crippen molar-refractivity contribution in [1.82, 2.24) is 4.90 Å². The molecule has 0 radical (unpaired) electrons. The number of amides is 2. The Balaban J connectivity index is 1.53. The Labute approximate surface area is 210 Å². The van der Waals surface area contributed by atoms with Crippen LogP contribution in [0.5, 0.6) is 5.75 Å². The minimum atomic E-state index is -0.429. The van der Waals surface area contributed by atoms with Gasteiger partial charge in [-0.3, -0.25) is 14.4 Å². The lowest BCUT2D eigenvalue weighted by Gasteiger charge is -2.29. The number of likely N-dealkylation sites (tertiary alicyclic amines) is 1. The number of anilines is 1. The number of ketones is 1. The second-order valence-electron chi connectivity index (χ2n) is 8.24. The Morgan fingerprint density at radius 3 is 1.81 bits per heavy atom. The summed E-state index contributed by atoms with van der Waals surface area (Å²) in [5.41, 5.74) is 3.37. The van der Waals surface area contributed by atoms with Crippen molar-refractivity contribution in [3.8, 4) is 5.75 Å². The second-order valence-corrected chi connectivity index (χ2v) is 8.24. The third kappa shape index (κ3) is 6.45. The van der Waals surface area contributed by atoms with Gasteiger partial charge in [-0.05, 0) is 47.5 Å². The van der Waals surface area contributed by atoms with Gasteiger partial charge in [0.2, 0.25) is 11.8 Å². The Kier molecular flexibility index (Phi) is 7.88. The molecule has 3 aromatic carbocycles. The number of carbonyl (C=O) groups is 3. The molecule has 36 heavy (non-hydrogen) atoms. The summed E-state index contributed by atoms with van der Waals surface area (Å²) in [6, 6.07) is 25.9. The molecule has 3 aromatic rings. The molecule has 4 rings (SSSR count). The van der Waals surface area contributed by atoms with E-state index in [0.29, 0.717) is 22.6 Å². The predicted octanol–water partition coefficient (Wildman–Crippen LogP) is 4.77. The molecule has 0 unspecified atom stereocenters. The monoisotopic (exact) mass is 478 g/mol. The van der Waals surface area contributed by atoms with Gasteiger partial charge in [-0.2, -0.15) is 0 Å². The number of carbonyl (C=O) groups excluding carboxylic acids is 3. The van der Waals surface area contributed by atoms with Crippen LogP contribution in [0.1, 0.15) is 11.1 Å². The molecule has 0 aliphatic carbocycles. The number of hydrogen-bond donors (Lipinski definition) is 1. The van der Waals surface area contributed by atoms with E-state index >= 15 is 0 Å². The van der Waals surface area contributed by atoms with E-state index in [0.717, 1.165) is 11.1 Å². The maximum atomic E-state index is 13.3. The molecular weight excluding hydrogens is 452 g/mol. The highest BCUT2D eigenvalue weighted by Crippen LogP contribution is 2.22. The van der Waals surface area contributed by atoms with Crippen LogP contribution in [0.15, 0.2) is 108 Å². The molecule has 0 bridgehead atoms. The van der Waals surface area contributed by atoms with Gasteiger partial charge in [-0.1, -0.05) is 60.7 Å². The van der Waals surface area contributed by atoms with E-state index in [1.165, 1.54) is 12.2 Å². The summed E-state index contributed by atoms with van der Waals surface area (Å²) >= 11 is 0. The summed E-state index contributed by atoms with van der Waals surface area (Å²) in [6.07, 6.45) is 6.04. The molecular formula is C30H26N2O4. The summed E-state index contributed by atoms with van der Waals surface area (Å²) in [4.78, 5) is 40.2. The SMILES string of the molecule is COc1ccc(NC(=O)/C=C\C(=O)N2C/C(=C\c3ccccc3)C(=O)/C(=C/c3ccccc3)C2)cc1. The number of nitrogens with one attached hydrogen (secondary N) is 1. The van der Waals surface area contributed by atoms with Crippen LogP contribution in [0.25, 0.3) is 12.2 Å². The average Bonchev–Trinajstić information content (AvgIpc) is 2.91. The van der Waals surface area contributed by atoms with Crippen molar-refractivity contribution in [1.29, 1.82) is 0 Å². The summed E-state index contributed by atoms with van der Waals surface area (Å²) < 4.78 is 5.11. The Hall–Kier alpha value is -4.71. The number of piperidine rings is 1. The molecule has 6 nitrogen and oxygen atoms in total. The Morgan fingerprint density at radius 2 is 1.31 bits per heavy atom. The number of methoxy groups -OCH3 is 1. The van der Waals surface area contributed by atoms with Gasteiger partial charge in [-0.25, -0.2) is 0 Å². The van der Waals surface area contributed by atoms with Crippen molar-refractivity contribution in [3.63, 3.8) is 0 Å². The molecule has 0 aromatic heterocycles. The third-order valence-electron chi connectivity index (χ3n) is 5.63. The molecule has 1 saturated heterocycles. The lowest BCUT2D eigenvalue weighted by Crippen LogP contribution is -2.41. The Morgan fingerprint density at radius 1 is 0.778 bits per heavy atom. The number of rotatable bonds is 6. The zero-order chi connectivity index (χ0) is 25.3. The van der Waals surface area contributed by atoms with Crippen LogP contribution in [-0.4, -0.2) is 42.7 Å². The van der Waals surface area contributed by atoms with Crippen LogP contribution in [-0.2, 0) is 14.4 Å². The van der Waals surface area contributed by atoms with Crippen LogP contribution in [0, 0.1) is 0 Å². The molecule has 1 aliphatic heterocycles. The Bertz CT molecular complexity index is 1260. The highest BCUT2D eigenvalue weighted by molar-refractivity contribution is 6.15. The van der Waals surface area contributed by atoms with Gasteiger partial charge in [0.1, 0.15) is 5.75 Å². The largest absolute Gasteiger partial charge is 0.497 e. The van der Waals surface area contributed by atoms with Crippen LogP contribution in [0.2, 0.25) is 0 Å². The molecule has 6 heteroatoms. The van der Waals surface area contributed by atoms with E-state index in [1.807, 2.05) is 60.7 Å². The zero-order valence-corrected chi connectivity index (χ0v) is 19.9. The zero-order valence-electron chi connectivity index (χ0n) is 19.9. The van der Waals surface area contributed by atoms with E-state index in [1.54, 1.807) is 48.4 Å². The molecule has 1 aliphatic rings. The number of Topliss-reactive ketones (excluding diaryl/α,β-unsaturated/α-hetero) is 1. The van der Waals surface area contributed by atoms with Crippen molar-refractivity contribution in [2.75, 3.05) is 25.5 Å². The predicted molar refractivity (Wildman–Crippen MR) is 141 cm³/mol. The van der Waals surface area contributed by atoms with Crippen molar-refractivity contribution in [2.24, 2.45) is 0 Å². The van der Waals surface area contributed by atoms with Crippen molar-refractivity contribution in [3.05, 3.63) is 119 Å². The van der Waals surface area contributed by atoms with Gasteiger partial charge in [0.25, 0.3) is 0 Å². The standard InChI is InChI=1S/C30H26N2O4/c1-36-27-14-12-26(13-15-27)31-28(33)16-17-29(34)32-20-24(18-22-8-4-2-5-9-22)30(35)25(21-32)19-23-10-6-3-7-11-23/h2-19H,20-21H2,1H3,(H,31,33)/b17-16-,24-18+,25-19+. The van der Waals surface area contributed by atoms with Crippen molar-refractivity contribution < 1.29 is 19.1 Å². The smallest absolute Gasteiger partial charge is 0.248 e. The molecule has 2 amide bonds. The molecule has 1 heterocycles. The van der Waals surface area contributed by atoms with E-state index in [9.17, 15) is 14.4 Å². The first-order valence-corrected chi connectivity index (χ1v) is 11.5. The molecule has 0 atom stereocenters. The minimum Gasteiger partial charge on any atom is -0.497 e. The van der Waals surface area contributed by atoms with Crippen LogP contribution in [0.3, 0.4) is 0 Å². The van der Waals surface area contributed by atoms with Gasteiger partial charge in [0.05, 0.1) is 20.2 Å². The van der Waals surface area contributed by atoms with Gasteiger partial charge in [0.15, 0.2) is 5.78 Å². The average molecular weight is 479 g/mol. The quantitative estimate of drug-likeness (QED) is 0.518. The maximum Gasteiger partial charge on any atom is 0.248 e. The number of nitrogens with zero attached hydrogens (tertiary/aromatic N) is 1. The van der Waals surface area contributed by atoms with Gasteiger partial charge in [0, 0.05) is 29.0 Å². The second kappa shape index (κ2) is 11.6. The maximum absolute atomic E-state index is 13.3. The van der Waals surface area contributed by atoms with Crippen LogP contribution < -0.4 is 10.1 Å². The molecule has 180 valence electrons. The molecule has 0 spiro atoms. The van der Waals surface area contributed by atoms with Crippen molar-refractivity contribution >= 4 is 35.4 Å². The fourth-order valence-corrected chi connectivity index (χ4v) is 3.81. The van der Waals surface area contributed by atoms with E-state index in [2.05, 4.69) is 5.32 Å². The lowest BCUT2D eigenvalue weighted by atomic mass is 9.94. The first kappa shape index (κ1) is 24.4. The highest BCUT2D eigenvalue weighted by Gasteiger charge is 2.28. The van der Waals surface area contributed by atoms with Gasteiger partial charge < -0.3 is 15.0 Å². The topological polar surface area (TPSA) is 75.7 Å². The van der Waals surface area contributed by atoms with Crippen LogP contribution >= 0.6 is 0 Å². The summed E-state index contributed by atoms with van der Waals surface area (Å²) in [7, 11) is 1.57. The minimum absolute atomic E-state index is 0.0898. The molecule has 1 fully saturated rings. The van der Waals surface area contributed by atoms with Crippen LogP contribution in [0.4, 0.5) is 5.69 Å². The lowest BCUT2D eigenvalue weighted by molar-refractivity contribution is -0.126. The molecule has 0 saturated carbocycles. The van der Waals surface area contributed by atoms with Gasteiger partial charge >= 0.3 is 0 Å². The van der Waals surface area contributed by atoms with E-state index in [-0.39, 0.29) is 24.8 Å². The van der Waals surface area contributed by atoms with Crippen molar-refractivity contribution in [2.45, 2.75) is 0 Å². The summed E-state index contributed by atoms with van der Waals surface area (Å²) in [5.74, 6) is -0.197. The highest BCUT2D eigenvalue weighted by atomic mass is 16.5. The van der Waals surface area contributed by atoms with E-state index < -0.39 is 5.91 Å². The third-order valence-corrected chi connectivity index (χ3v) is 5.63. The fourth-order valence-electron chi connectivity index (χ4n) is 3.81. The first-order valence-electron chi connectivity index (χ1n) is 11.5. The number of hydrogen-bond acceptors (Lipinski definition) is 4. The first-order chi connectivity index (χ1) is 17.5. The summed E-state index contributed by atoms with van der Waals surface area (Å²) in [6.45, 7) is 0.312. The van der Waals surface area contributed by atoms with E-state index in [4.69, 9.17) is 4.74 Å². The fraction of sp³-hybridized carbons (Fsp3) is 0.100. The number of benzene rings is 3. The normalized spacial score (nSPS) is 15.9. The number of ether oxygens (including phenoxy) is 1.